The predicted octanol–water partition coefficient (Wildman–Crippen LogP) is 3.08. The summed E-state index contributed by atoms with van der Waals surface area (Å²) in [5, 5.41) is 10.6. The molecule has 0 fully saturated rings. The minimum Gasteiger partial charge on any atom is -0.298 e. The molecule has 0 aliphatic heterocycles. The van der Waals surface area contributed by atoms with E-state index in [2.05, 4.69) is 4.98 Å². The van der Waals surface area contributed by atoms with Crippen LogP contribution in [0.25, 0.3) is 11.8 Å². The minimum absolute atomic E-state index is 0.231. The molecule has 5 nitrogen and oxygen atoms in total. The van der Waals surface area contributed by atoms with Crippen molar-refractivity contribution in [2.75, 3.05) is 0 Å². The highest BCUT2D eigenvalue weighted by atomic mass is 35.5. The molecule has 0 radical (unpaired) electrons. The van der Waals surface area contributed by atoms with Gasteiger partial charge in [-0.15, -0.1) is 0 Å². The summed E-state index contributed by atoms with van der Waals surface area (Å²) in [5.41, 5.74) is 2.43. The lowest BCUT2D eigenvalue weighted by atomic mass is 10.2. The number of rotatable bonds is 3. The van der Waals surface area contributed by atoms with Crippen LogP contribution in [0.15, 0.2) is 36.8 Å². The van der Waals surface area contributed by atoms with Gasteiger partial charge in [0.25, 0.3) is 0 Å². The Bertz CT molecular complexity index is 620. The first kappa shape index (κ1) is 12.3. The summed E-state index contributed by atoms with van der Waals surface area (Å²) in [6, 6.07) is 7.70. The predicted molar refractivity (Wildman–Crippen MR) is 69.3 cm³/mol. The van der Waals surface area contributed by atoms with Gasteiger partial charge in [-0.05, 0) is 24.6 Å². The molecule has 0 aliphatic rings. The number of hydrogen-bond donors (Lipinski definition) is 0. The monoisotopic (exact) mass is 263 g/mol. The molecule has 1 aromatic carbocycles. The first-order valence-corrected chi connectivity index (χ1v) is 5.57. The van der Waals surface area contributed by atoms with Crippen LogP contribution in [-0.2, 0) is 0 Å². The van der Waals surface area contributed by atoms with Crippen LogP contribution in [0.1, 0.15) is 11.3 Å². The summed E-state index contributed by atoms with van der Waals surface area (Å²) in [4.78, 5) is 13.8. The van der Waals surface area contributed by atoms with E-state index in [1.807, 2.05) is 31.2 Å². The van der Waals surface area contributed by atoms with Gasteiger partial charge in [-0.1, -0.05) is 23.7 Å². The fourth-order valence-electron chi connectivity index (χ4n) is 1.60. The molecule has 0 unspecified atom stereocenters. The van der Waals surface area contributed by atoms with Crippen LogP contribution in [0.4, 0.5) is 0 Å². The van der Waals surface area contributed by atoms with Gasteiger partial charge in [-0.3, -0.25) is 14.7 Å². The maximum absolute atomic E-state index is 10.4. The SMILES string of the molecule is Cc1cccc(-n2cnc(Cl)c2C=C[N+](=O)[O-])c1. The lowest BCUT2D eigenvalue weighted by molar-refractivity contribution is -0.401. The van der Waals surface area contributed by atoms with Gasteiger partial charge >= 0.3 is 0 Å². The number of nitrogens with zero attached hydrogens (tertiary/aromatic N) is 3. The van der Waals surface area contributed by atoms with E-state index in [1.54, 1.807) is 4.57 Å². The Balaban J connectivity index is 2.49. The zero-order chi connectivity index (χ0) is 13.1. The van der Waals surface area contributed by atoms with Gasteiger partial charge in [-0.2, -0.15) is 0 Å². The first-order valence-electron chi connectivity index (χ1n) is 5.19. The van der Waals surface area contributed by atoms with Gasteiger partial charge in [0.15, 0.2) is 5.15 Å². The molecular formula is C12H10ClN3O2. The molecule has 0 bridgehead atoms. The average Bonchev–Trinajstić information content (AvgIpc) is 2.68. The van der Waals surface area contributed by atoms with Crippen molar-refractivity contribution in [1.29, 1.82) is 0 Å². The van der Waals surface area contributed by atoms with Crippen LogP contribution in [0.3, 0.4) is 0 Å². The Morgan fingerprint density at radius 2 is 2.28 bits per heavy atom. The summed E-state index contributed by atoms with van der Waals surface area (Å²) in [5.74, 6) is 0. The van der Waals surface area contributed by atoms with Crippen molar-refractivity contribution in [1.82, 2.24) is 9.55 Å². The van der Waals surface area contributed by atoms with Crippen LogP contribution < -0.4 is 0 Å². The summed E-state index contributed by atoms with van der Waals surface area (Å²) >= 11 is 5.91. The zero-order valence-electron chi connectivity index (χ0n) is 9.58. The Morgan fingerprint density at radius 1 is 1.50 bits per heavy atom. The van der Waals surface area contributed by atoms with Gasteiger partial charge in [0, 0.05) is 11.8 Å². The van der Waals surface area contributed by atoms with E-state index in [0.717, 1.165) is 17.5 Å². The number of imidazole rings is 1. The highest BCUT2D eigenvalue weighted by Gasteiger charge is 2.09. The third-order valence-electron chi connectivity index (χ3n) is 2.39. The van der Waals surface area contributed by atoms with E-state index >= 15 is 0 Å². The van der Waals surface area contributed by atoms with E-state index in [9.17, 15) is 10.1 Å². The van der Waals surface area contributed by atoms with E-state index < -0.39 is 4.92 Å². The second-order valence-corrected chi connectivity index (χ2v) is 4.09. The van der Waals surface area contributed by atoms with Gasteiger partial charge in [0.2, 0.25) is 6.20 Å². The van der Waals surface area contributed by atoms with Crippen molar-refractivity contribution >= 4 is 17.7 Å². The lowest BCUT2D eigenvalue weighted by Crippen LogP contribution is -1.96. The largest absolute Gasteiger partial charge is 0.298 e. The molecule has 2 rings (SSSR count). The summed E-state index contributed by atoms with van der Waals surface area (Å²) < 4.78 is 1.70. The summed E-state index contributed by atoms with van der Waals surface area (Å²) in [6.07, 6.45) is 3.71. The standard InChI is InChI=1S/C12H10ClN3O2/c1-9-3-2-4-10(7-9)15-8-14-12(13)11(15)5-6-16(17)18/h2-8H,1H3. The van der Waals surface area contributed by atoms with Crippen LogP contribution >= 0.6 is 11.6 Å². The fourth-order valence-corrected chi connectivity index (χ4v) is 1.80. The molecule has 0 amide bonds. The molecular weight excluding hydrogens is 254 g/mol. The Hall–Kier alpha value is -2.14. The molecule has 0 aliphatic carbocycles. The van der Waals surface area contributed by atoms with Crippen molar-refractivity contribution in [3.05, 3.63) is 63.3 Å². The van der Waals surface area contributed by atoms with E-state index in [0.29, 0.717) is 5.69 Å². The topological polar surface area (TPSA) is 61.0 Å². The number of nitro groups is 1. The van der Waals surface area contributed by atoms with E-state index in [1.165, 1.54) is 12.4 Å². The number of hydrogen-bond acceptors (Lipinski definition) is 3. The van der Waals surface area contributed by atoms with Crippen LogP contribution in [0.5, 0.6) is 0 Å². The number of halogens is 1. The van der Waals surface area contributed by atoms with Crippen LogP contribution in [-0.4, -0.2) is 14.5 Å². The van der Waals surface area contributed by atoms with Crippen molar-refractivity contribution in [2.45, 2.75) is 6.92 Å². The highest BCUT2D eigenvalue weighted by molar-refractivity contribution is 6.30. The third-order valence-corrected chi connectivity index (χ3v) is 2.68. The molecule has 92 valence electrons. The highest BCUT2D eigenvalue weighted by Crippen LogP contribution is 2.20. The molecule has 6 heteroatoms. The summed E-state index contributed by atoms with van der Waals surface area (Å²) in [6.45, 7) is 1.97. The van der Waals surface area contributed by atoms with Crippen molar-refractivity contribution in [3.63, 3.8) is 0 Å². The minimum atomic E-state index is -0.538. The molecule has 2 aromatic rings. The maximum atomic E-state index is 10.4. The Kier molecular flexibility index (Phi) is 3.43. The molecule has 0 N–H and O–H groups in total. The molecule has 1 heterocycles. The molecule has 0 spiro atoms. The number of aromatic nitrogens is 2. The Morgan fingerprint density at radius 3 is 2.94 bits per heavy atom. The third kappa shape index (κ3) is 2.57. The van der Waals surface area contributed by atoms with Gasteiger partial charge in [-0.25, -0.2) is 4.98 Å². The van der Waals surface area contributed by atoms with Gasteiger partial charge < -0.3 is 0 Å². The van der Waals surface area contributed by atoms with E-state index in [-0.39, 0.29) is 5.15 Å². The smallest absolute Gasteiger partial charge is 0.236 e. The zero-order valence-corrected chi connectivity index (χ0v) is 10.3. The molecule has 18 heavy (non-hydrogen) atoms. The quantitative estimate of drug-likeness (QED) is 0.631. The van der Waals surface area contributed by atoms with Crippen molar-refractivity contribution in [2.24, 2.45) is 0 Å². The second kappa shape index (κ2) is 5.01. The normalized spacial score (nSPS) is 11.0. The van der Waals surface area contributed by atoms with Crippen LogP contribution in [0, 0.1) is 17.0 Å². The lowest BCUT2D eigenvalue weighted by Gasteiger charge is -2.05. The Labute approximate surface area is 108 Å². The maximum Gasteiger partial charge on any atom is 0.236 e. The average molecular weight is 264 g/mol. The molecule has 0 saturated heterocycles. The first-order chi connectivity index (χ1) is 8.58. The summed E-state index contributed by atoms with van der Waals surface area (Å²) in [7, 11) is 0. The second-order valence-electron chi connectivity index (χ2n) is 3.73. The van der Waals surface area contributed by atoms with Gasteiger partial charge in [0.05, 0.1) is 10.6 Å². The number of aryl methyl sites for hydroxylation is 1. The van der Waals surface area contributed by atoms with Crippen LogP contribution in [0.2, 0.25) is 5.15 Å². The molecule has 0 saturated carbocycles. The molecule has 0 atom stereocenters. The van der Waals surface area contributed by atoms with Gasteiger partial charge in [0.1, 0.15) is 6.33 Å². The number of benzene rings is 1. The fraction of sp³-hybridized carbons (Fsp3) is 0.0833. The molecule has 1 aromatic heterocycles. The van der Waals surface area contributed by atoms with Crippen molar-refractivity contribution in [3.8, 4) is 5.69 Å². The van der Waals surface area contributed by atoms with Crippen molar-refractivity contribution < 1.29 is 4.92 Å². The van der Waals surface area contributed by atoms with E-state index in [4.69, 9.17) is 11.6 Å².